The van der Waals surface area contributed by atoms with Crippen LogP contribution in [-0.2, 0) is 0 Å². The van der Waals surface area contributed by atoms with Crippen molar-refractivity contribution in [1.82, 2.24) is 0 Å². The number of rotatable bonds is 2. The molecule has 0 aliphatic heterocycles. The van der Waals surface area contributed by atoms with Crippen LogP contribution in [0, 0.1) is 23.3 Å². The molecule has 0 spiro atoms. The molecule has 0 bridgehead atoms. The third-order valence-corrected chi connectivity index (χ3v) is 4.20. The van der Waals surface area contributed by atoms with E-state index in [-0.39, 0.29) is 10.0 Å². The van der Waals surface area contributed by atoms with Crippen LogP contribution >= 0.6 is 31.9 Å². The monoisotopic (exact) mass is 396 g/mol. The highest BCUT2D eigenvalue weighted by Crippen LogP contribution is 2.35. The maximum atomic E-state index is 13.6. The number of hydrogen-bond acceptors (Lipinski definition) is 0. The van der Waals surface area contributed by atoms with Crippen molar-refractivity contribution in [3.8, 4) is 0 Å². The van der Waals surface area contributed by atoms with Gasteiger partial charge in [-0.2, -0.15) is 0 Å². The smallest absolute Gasteiger partial charge is 0.194 e. The fraction of sp³-hybridized carbons (Fsp3) is 0.0769. The number of alkyl halides is 1. The zero-order valence-electron chi connectivity index (χ0n) is 9.23. The first-order valence-electron chi connectivity index (χ1n) is 5.14. The van der Waals surface area contributed by atoms with Crippen molar-refractivity contribution in [2.45, 2.75) is 4.83 Å². The highest BCUT2D eigenvalue weighted by Gasteiger charge is 2.20. The molecule has 0 saturated carbocycles. The molecule has 100 valence electrons. The van der Waals surface area contributed by atoms with Gasteiger partial charge in [0.1, 0.15) is 5.82 Å². The van der Waals surface area contributed by atoms with Gasteiger partial charge in [0.15, 0.2) is 17.5 Å². The molecule has 0 N–H and O–H groups in total. The molecule has 2 aromatic carbocycles. The molecule has 0 aliphatic rings. The van der Waals surface area contributed by atoms with Gasteiger partial charge in [-0.1, -0.05) is 28.1 Å². The van der Waals surface area contributed by atoms with Crippen molar-refractivity contribution < 1.29 is 17.6 Å². The third kappa shape index (κ3) is 2.84. The molecule has 0 saturated heterocycles. The first-order chi connectivity index (χ1) is 8.91. The van der Waals surface area contributed by atoms with Gasteiger partial charge in [-0.3, -0.25) is 0 Å². The number of halogens is 6. The van der Waals surface area contributed by atoms with Crippen LogP contribution in [-0.4, -0.2) is 0 Å². The summed E-state index contributed by atoms with van der Waals surface area (Å²) >= 11 is 6.20. The van der Waals surface area contributed by atoms with E-state index < -0.39 is 28.1 Å². The summed E-state index contributed by atoms with van der Waals surface area (Å²) in [5.74, 6) is -4.50. The Morgan fingerprint density at radius 3 is 2.11 bits per heavy atom. The van der Waals surface area contributed by atoms with E-state index in [9.17, 15) is 17.6 Å². The summed E-state index contributed by atoms with van der Waals surface area (Å²) in [6.07, 6.45) is 0. The average Bonchev–Trinajstić information content (AvgIpc) is 2.39. The second-order valence-corrected chi connectivity index (χ2v) is 5.57. The number of hydrogen-bond donors (Lipinski definition) is 0. The fourth-order valence-corrected chi connectivity index (χ4v) is 2.62. The molecule has 0 radical (unpaired) electrons. The average molecular weight is 398 g/mol. The van der Waals surface area contributed by atoms with E-state index in [4.69, 9.17) is 0 Å². The lowest BCUT2D eigenvalue weighted by Gasteiger charge is -2.13. The summed E-state index contributed by atoms with van der Waals surface area (Å²) in [6.45, 7) is 0. The highest BCUT2D eigenvalue weighted by atomic mass is 79.9. The summed E-state index contributed by atoms with van der Waals surface area (Å²) in [7, 11) is 0. The maximum absolute atomic E-state index is 13.6. The SMILES string of the molecule is Fc1ccc(C(Br)c2ccc(F)c(F)c2F)cc1Br. The zero-order chi connectivity index (χ0) is 14.2. The van der Waals surface area contributed by atoms with Gasteiger partial charge in [0.25, 0.3) is 0 Å². The van der Waals surface area contributed by atoms with Crippen molar-refractivity contribution in [3.63, 3.8) is 0 Å². The summed E-state index contributed by atoms with van der Waals surface area (Å²) in [5.41, 5.74) is 0.454. The lowest BCUT2D eigenvalue weighted by atomic mass is 10.0. The van der Waals surface area contributed by atoms with E-state index in [0.717, 1.165) is 12.1 Å². The summed E-state index contributed by atoms with van der Waals surface area (Å²) in [4.78, 5) is -0.709. The molecule has 19 heavy (non-hydrogen) atoms. The Morgan fingerprint density at radius 2 is 1.47 bits per heavy atom. The van der Waals surface area contributed by atoms with Gasteiger partial charge >= 0.3 is 0 Å². The van der Waals surface area contributed by atoms with Crippen molar-refractivity contribution in [2.24, 2.45) is 0 Å². The van der Waals surface area contributed by atoms with E-state index in [0.29, 0.717) is 5.56 Å². The van der Waals surface area contributed by atoms with Gasteiger partial charge in [0.2, 0.25) is 0 Å². The van der Waals surface area contributed by atoms with Gasteiger partial charge in [0, 0.05) is 5.56 Å². The van der Waals surface area contributed by atoms with Crippen LogP contribution in [0.4, 0.5) is 17.6 Å². The Morgan fingerprint density at radius 1 is 0.842 bits per heavy atom. The second kappa shape index (κ2) is 5.63. The van der Waals surface area contributed by atoms with Gasteiger partial charge in [-0.15, -0.1) is 0 Å². The Bertz CT molecular complexity index is 628. The van der Waals surface area contributed by atoms with Gasteiger partial charge in [-0.25, -0.2) is 17.6 Å². The van der Waals surface area contributed by atoms with Crippen LogP contribution in [0.3, 0.4) is 0 Å². The predicted octanol–water partition coefficient (Wildman–Crippen LogP) is 5.49. The molecule has 0 amide bonds. The molecular formula is C13H6Br2F4. The molecule has 0 nitrogen and oxygen atoms in total. The van der Waals surface area contributed by atoms with E-state index >= 15 is 0 Å². The predicted molar refractivity (Wildman–Crippen MR) is 71.2 cm³/mol. The Hall–Kier alpha value is -0.880. The van der Waals surface area contributed by atoms with Crippen molar-refractivity contribution >= 4 is 31.9 Å². The minimum atomic E-state index is -1.52. The van der Waals surface area contributed by atoms with Crippen molar-refractivity contribution in [1.29, 1.82) is 0 Å². The second-order valence-electron chi connectivity index (χ2n) is 3.80. The molecule has 0 heterocycles. The van der Waals surface area contributed by atoms with Crippen LogP contribution in [0.25, 0.3) is 0 Å². The Labute approximate surface area is 123 Å². The number of benzene rings is 2. The van der Waals surface area contributed by atoms with Crippen LogP contribution in [0.5, 0.6) is 0 Å². The third-order valence-electron chi connectivity index (χ3n) is 2.57. The topological polar surface area (TPSA) is 0 Å². The largest absolute Gasteiger partial charge is 0.206 e. The quantitative estimate of drug-likeness (QED) is 0.357. The van der Waals surface area contributed by atoms with Crippen molar-refractivity contribution in [2.75, 3.05) is 0 Å². The Balaban J connectivity index is 2.47. The van der Waals surface area contributed by atoms with E-state index in [1.807, 2.05) is 0 Å². The molecular weight excluding hydrogens is 392 g/mol. The van der Waals surface area contributed by atoms with Crippen LogP contribution in [0.15, 0.2) is 34.8 Å². The molecule has 6 heteroatoms. The van der Waals surface area contributed by atoms with E-state index in [1.54, 1.807) is 0 Å². The molecule has 0 aromatic heterocycles. The molecule has 0 fully saturated rings. The molecule has 0 aliphatic carbocycles. The van der Waals surface area contributed by atoms with Crippen LogP contribution in [0.1, 0.15) is 16.0 Å². The fourth-order valence-electron chi connectivity index (χ4n) is 1.59. The minimum Gasteiger partial charge on any atom is -0.206 e. The normalized spacial score (nSPS) is 12.5. The first kappa shape index (κ1) is 14.5. The first-order valence-corrected chi connectivity index (χ1v) is 6.85. The lowest BCUT2D eigenvalue weighted by Crippen LogP contribution is -2.01. The molecule has 2 aromatic rings. The lowest BCUT2D eigenvalue weighted by molar-refractivity contribution is 0.442. The standard InChI is InChI=1S/C13H6Br2F4/c14-8-5-6(1-3-9(8)16)11(15)7-2-4-10(17)13(19)12(7)18/h1-5,11H. The van der Waals surface area contributed by atoms with Crippen LogP contribution < -0.4 is 0 Å². The van der Waals surface area contributed by atoms with Gasteiger partial charge in [0.05, 0.1) is 9.30 Å². The minimum absolute atomic E-state index is 0.0580. The summed E-state index contributed by atoms with van der Waals surface area (Å²) < 4.78 is 53.0. The maximum Gasteiger partial charge on any atom is 0.194 e. The highest BCUT2D eigenvalue weighted by molar-refractivity contribution is 9.10. The molecule has 1 unspecified atom stereocenters. The Kier molecular flexibility index (Phi) is 4.30. The van der Waals surface area contributed by atoms with E-state index in [1.165, 1.54) is 18.2 Å². The summed E-state index contributed by atoms with van der Waals surface area (Å²) in [5, 5.41) is 0. The molecule has 1 atom stereocenters. The van der Waals surface area contributed by atoms with E-state index in [2.05, 4.69) is 31.9 Å². The summed E-state index contributed by atoms with van der Waals surface area (Å²) in [6, 6.07) is 6.06. The van der Waals surface area contributed by atoms with Crippen molar-refractivity contribution in [3.05, 3.63) is 69.2 Å². The van der Waals surface area contributed by atoms with Gasteiger partial charge < -0.3 is 0 Å². The van der Waals surface area contributed by atoms with Crippen LogP contribution in [0.2, 0.25) is 0 Å². The van der Waals surface area contributed by atoms with Gasteiger partial charge in [-0.05, 0) is 39.7 Å². The zero-order valence-corrected chi connectivity index (χ0v) is 12.4. The molecule has 2 rings (SSSR count).